The predicted octanol–water partition coefficient (Wildman–Crippen LogP) is 1.97. The van der Waals surface area contributed by atoms with E-state index in [1.807, 2.05) is 30.3 Å². The van der Waals surface area contributed by atoms with Crippen LogP contribution in [0.25, 0.3) is 0 Å². The molecule has 6 nitrogen and oxygen atoms in total. The van der Waals surface area contributed by atoms with Gasteiger partial charge in [0, 0.05) is 37.2 Å². The van der Waals surface area contributed by atoms with Gasteiger partial charge in [-0.25, -0.2) is 13.1 Å². The number of carbonyl (C=O) groups is 1. The van der Waals surface area contributed by atoms with Gasteiger partial charge in [-0.2, -0.15) is 0 Å². The Morgan fingerprint density at radius 1 is 1.15 bits per heavy atom. The lowest BCUT2D eigenvalue weighted by Crippen LogP contribution is -2.32. The molecule has 2 aromatic rings. The monoisotopic (exact) mass is 409 g/mol. The van der Waals surface area contributed by atoms with Crippen molar-refractivity contribution in [2.24, 2.45) is 5.73 Å². The number of nitrogens with one attached hydrogen (secondary N) is 1. The third-order valence-corrected chi connectivity index (χ3v) is 6.15. The van der Waals surface area contributed by atoms with Crippen LogP contribution >= 0.6 is 12.4 Å². The highest BCUT2D eigenvalue weighted by Gasteiger charge is 2.34. The Morgan fingerprint density at radius 3 is 2.52 bits per heavy atom. The molecule has 27 heavy (non-hydrogen) atoms. The summed E-state index contributed by atoms with van der Waals surface area (Å²) in [5.74, 6) is -0.124. The largest absolute Gasteiger partial charge is 0.336 e. The lowest BCUT2D eigenvalue weighted by atomic mass is 9.95. The van der Waals surface area contributed by atoms with Gasteiger partial charge < -0.3 is 10.6 Å². The number of halogens is 1. The number of hydrogen-bond acceptors (Lipinski definition) is 4. The molecule has 1 aliphatic rings. The topological polar surface area (TPSA) is 92.5 Å². The Bertz CT molecular complexity index is 890. The number of hydrogen-bond donors (Lipinski definition) is 2. The molecule has 0 spiro atoms. The molecule has 2 aromatic carbocycles. The van der Waals surface area contributed by atoms with Crippen molar-refractivity contribution in [2.45, 2.75) is 23.8 Å². The van der Waals surface area contributed by atoms with Crippen molar-refractivity contribution in [3.8, 4) is 0 Å². The summed E-state index contributed by atoms with van der Waals surface area (Å²) in [7, 11) is -3.60. The van der Waals surface area contributed by atoms with Gasteiger partial charge in [0.15, 0.2) is 0 Å². The van der Waals surface area contributed by atoms with Crippen LogP contribution in [-0.4, -0.2) is 44.9 Å². The van der Waals surface area contributed by atoms with Crippen molar-refractivity contribution in [2.75, 3.05) is 19.6 Å². The SMILES string of the molecule is CCNS(=O)(=O)c1cccc(C(=O)N2C[C@@H](N)[C@H](c3ccccc3)C2)c1.Cl. The van der Waals surface area contributed by atoms with E-state index in [4.69, 9.17) is 5.73 Å². The molecular weight excluding hydrogens is 386 g/mol. The molecule has 1 amide bonds. The number of carbonyl (C=O) groups excluding carboxylic acids is 1. The van der Waals surface area contributed by atoms with E-state index < -0.39 is 10.0 Å². The average Bonchev–Trinajstić information content (AvgIpc) is 3.03. The molecule has 0 unspecified atom stereocenters. The fraction of sp³-hybridized carbons (Fsp3) is 0.316. The third kappa shape index (κ3) is 4.68. The average molecular weight is 410 g/mol. The summed E-state index contributed by atoms with van der Waals surface area (Å²) >= 11 is 0. The zero-order valence-corrected chi connectivity index (χ0v) is 16.7. The van der Waals surface area contributed by atoms with Crippen molar-refractivity contribution < 1.29 is 13.2 Å². The van der Waals surface area contributed by atoms with Crippen LogP contribution in [0.4, 0.5) is 0 Å². The van der Waals surface area contributed by atoms with Crippen LogP contribution in [0.1, 0.15) is 28.8 Å². The highest BCUT2D eigenvalue weighted by molar-refractivity contribution is 7.89. The first-order chi connectivity index (χ1) is 12.4. The van der Waals surface area contributed by atoms with Gasteiger partial charge in [-0.3, -0.25) is 4.79 Å². The smallest absolute Gasteiger partial charge is 0.253 e. The Labute approximate surface area is 166 Å². The lowest BCUT2D eigenvalue weighted by molar-refractivity contribution is 0.0789. The molecule has 8 heteroatoms. The molecule has 1 heterocycles. The molecule has 1 saturated heterocycles. The van der Waals surface area contributed by atoms with Gasteiger partial charge in [-0.15, -0.1) is 12.4 Å². The summed E-state index contributed by atoms with van der Waals surface area (Å²) in [6, 6.07) is 15.9. The predicted molar refractivity (Wildman–Crippen MR) is 108 cm³/mol. The summed E-state index contributed by atoms with van der Waals surface area (Å²) in [5, 5.41) is 0. The van der Waals surface area contributed by atoms with Gasteiger partial charge in [-0.05, 0) is 23.8 Å². The Balaban J connectivity index is 0.00000261. The fourth-order valence-corrected chi connectivity index (χ4v) is 4.39. The molecule has 146 valence electrons. The Hall–Kier alpha value is -1.93. The van der Waals surface area contributed by atoms with Crippen LogP contribution in [0.3, 0.4) is 0 Å². The molecular formula is C19H24ClN3O3S. The standard InChI is InChI=1S/C19H23N3O3S.ClH/c1-2-21-26(24,25)16-10-6-9-15(11-16)19(23)22-12-17(18(20)13-22)14-7-4-3-5-8-14;/h3-11,17-18,21H,2,12-13,20H2,1H3;1H/t17-,18+;/m0./s1. The van der Waals surface area contributed by atoms with E-state index in [9.17, 15) is 13.2 Å². The van der Waals surface area contributed by atoms with Crippen molar-refractivity contribution in [3.05, 3.63) is 65.7 Å². The molecule has 0 aromatic heterocycles. The van der Waals surface area contributed by atoms with E-state index in [-0.39, 0.29) is 35.2 Å². The minimum absolute atomic E-state index is 0. The first kappa shape index (κ1) is 21.4. The van der Waals surface area contributed by atoms with Crippen LogP contribution in [0.15, 0.2) is 59.5 Å². The lowest BCUT2D eigenvalue weighted by Gasteiger charge is -2.17. The van der Waals surface area contributed by atoms with Crippen molar-refractivity contribution in [1.82, 2.24) is 9.62 Å². The van der Waals surface area contributed by atoms with Crippen molar-refractivity contribution in [3.63, 3.8) is 0 Å². The van der Waals surface area contributed by atoms with E-state index in [0.29, 0.717) is 25.2 Å². The second-order valence-electron chi connectivity index (χ2n) is 6.42. The van der Waals surface area contributed by atoms with Crippen LogP contribution in [0.5, 0.6) is 0 Å². The van der Waals surface area contributed by atoms with E-state index >= 15 is 0 Å². The first-order valence-electron chi connectivity index (χ1n) is 8.62. The van der Waals surface area contributed by atoms with E-state index in [1.165, 1.54) is 12.1 Å². The molecule has 3 N–H and O–H groups in total. The summed E-state index contributed by atoms with van der Waals surface area (Å²) in [4.78, 5) is 14.6. The Morgan fingerprint density at radius 2 is 1.85 bits per heavy atom. The zero-order chi connectivity index (χ0) is 18.7. The third-order valence-electron chi connectivity index (χ3n) is 4.61. The number of sulfonamides is 1. The van der Waals surface area contributed by atoms with Crippen molar-refractivity contribution >= 4 is 28.3 Å². The van der Waals surface area contributed by atoms with Gasteiger partial charge in [0.25, 0.3) is 5.91 Å². The molecule has 3 rings (SSSR count). The van der Waals surface area contributed by atoms with Gasteiger partial charge in [0.2, 0.25) is 10.0 Å². The molecule has 1 aliphatic heterocycles. The maximum atomic E-state index is 12.9. The number of likely N-dealkylation sites (tertiary alicyclic amines) is 1. The number of amides is 1. The van der Waals surface area contributed by atoms with Gasteiger partial charge in [0.1, 0.15) is 0 Å². The molecule has 2 atom stereocenters. The molecule has 1 fully saturated rings. The second kappa shape index (κ2) is 8.84. The highest BCUT2D eigenvalue weighted by atomic mass is 35.5. The summed E-state index contributed by atoms with van der Waals surface area (Å²) in [5.41, 5.74) is 7.72. The molecule has 0 aliphatic carbocycles. The molecule has 0 bridgehead atoms. The van der Waals surface area contributed by atoms with Gasteiger partial charge >= 0.3 is 0 Å². The zero-order valence-electron chi connectivity index (χ0n) is 15.0. The van der Waals surface area contributed by atoms with Crippen molar-refractivity contribution in [1.29, 1.82) is 0 Å². The minimum Gasteiger partial charge on any atom is -0.336 e. The maximum absolute atomic E-state index is 12.9. The van der Waals surface area contributed by atoms with E-state index in [0.717, 1.165) is 5.56 Å². The van der Waals surface area contributed by atoms with Crippen LogP contribution in [-0.2, 0) is 10.0 Å². The van der Waals surface area contributed by atoms with Crippen LogP contribution in [0, 0.1) is 0 Å². The summed E-state index contributed by atoms with van der Waals surface area (Å²) < 4.78 is 26.8. The molecule has 0 saturated carbocycles. The first-order valence-corrected chi connectivity index (χ1v) is 10.1. The summed E-state index contributed by atoms with van der Waals surface area (Å²) in [6.07, 6.45) is 0. The van der Waals surface area contributed by atoms with Crippen LogP contribution in [0.2, 0.25) is 0 Å². The maximum Gasteiger partial charge on any atom is 0.253 e. The normalized spacial score (nSPS) is 19.6. The molecule has 0 radical (unpaired) electrons. The van der Waals surface area contributed by atoms with E-state index in [1.54, 1.807) is 24.0 Å². The Kier molecular flexibility index (Phi) is 7.00. The second-order valence-corrected chi connectivity index (χ2v) is 8.19. The number of nitrogens with zero attached hydrogens (tertiary/aromatic N) is 1. The van der Waals surface area contributed by atoms with Crippen LogP contribution < -0.4 is 10.5 Å². The summed E-state index contributed by atoms with van der Waals surface area (Å²) in [6.45, 7) is 2.97. The number of benzene rings is 2. The number of nitrogens with two attached hydrogens (primary N) is 1. The van der Waals surface area contributed by atoms with Gasteiger partial charge in [0.05, 0.1) is 4.90 Å². The highest BCUT2D eigenvalue weighted by Crippen LogP contribution is 2.27. The fourth-order valence-electron chi connectivity index (χ4n) is 3.30. The van der Waals surface area contributed by atoms with Gasteiger partial charge in [-0.1, -0.05) is 43.3 Å². The number of rotatable bonds is 5. The van der Waals surface area contributed by atoms with E-state index in [2.05, 4.69) is 4.72 Å². The minimum atomic E-state index is -3.60. The quantitative estimate of drug-likeness (QED) is 0.789.